The van der Waals surface area contributed by atoms with Gasteiger partial charge >= 0.3 is 0 Å². The molecule has 0 saturated heterocycles. The van der Waals surface area contributed by atoms with Gasteiger partial charge in [-0.25, -0.2) is 0 Å². The van der Waals surface area contributed by atoms with Crippen LogP contribution in [0.2, 0.25) is 0 Å². The van der Waals surface area contributed by atoms with Gasteiger partial charge in [0.2, 0.25) is 0 Å². The lowest BCUT2D eigenvalue weighted by Crippen LogP contribution is -1.87. The SMILES string of the molecule is COCc1ccc(C#CCSC(C)=O)cc1. The fourth-order valence-corrected chi connectivity index (χ4v) is 1.47. The Labute approximate surface area is 100 Å². The number of carbonyl (C=O) groups is 1. The van der Waals surface area contributed by atoms with Gasteiger partial charge in [0, 0.05) is 19.6 Å². The normalized spacial score (nSPS) is 9.38. The summed E-state index contributed by atoms with van der Waals surface area (Å²) in [6.45, 7) is 2.17. The second-order valence-corrected chi connectivity index (χ2v) is 4.36. The Morgan fingerprint density at radius 2 is 2.06 bits per heavy atom. The monoisotopic (exact) mass is 234 g/mol. The van der Waals surface area contributed by atoms with Gasteiger partial charge in [-0.1, -0.05) is 35.7 Å². The molecular formula is C13H14O2S. The Hall–Kier alpha value is -1.24. The van der Waals surface area contributed by atoms with Crippen LogP contribution in [0.25, 0.3) is 0 Å². The van der Waals surface area contributed by atoms with Crippen molar-refractivity contribution in [3.05, 3.63) is 35.4 Å². The summed E-state index contributed by atoms with van der Waals surface area (Å²) in [7, 11) is 1.67. The van der Waals surface area contributed by atoms with Crippen LogP contribution >= 0.6 is 11.8 Å². The lowest BCUT2D eigenvalue weighted by molar-refractivity contribution is -0.109. The summed E-state index contributed by atoms with van der Waals surface area (Å²) in [4.78, 5) is 10.7. The molecule has 1 aromatic rings. The minimum atomic E-state index is 0.102. The van der Waals surface area contributed by atoms with E-state index in [2.05, 4.69) is 11.8 Å². The maximum absolute atomic E-state index is 10.7. The van der Waals surface area contributed by atoms with Gasteiger partial charge in [-0.05, 0) is 17.7 Å². The minimum absolute atomic E-state index is 0.102. The van der Waals surface area contributed by atoms with Gasteiger partial charge in [-0.3, -0.25) is 4.79 Å². The van der Waals surface area contributed by atoms with Crippen molar-refractivity contribution in [2.45, 2.75) is 13.5 Å². The highest BCUT2D eigenvalue weighted by Crippen LogP contribution is 2.04. The van der Waals surface area contributed by atoms with Crippen molar-refractivity contribution in [1.82, 2.24) is 0 Å². The molecule has 0 bridgehead atoms. The van der Waals surface area contributed by atoms with Gasteiger partial charge in [0.1, 0.15) is 0 Å². The van der Waals surface area contributed by atoms with Crippen molar-refractivity contribution >= 4 is 16.9 Å². The molecule has 0 N–H and O–H groups in total. The molecule has 0 atom stereocenters. The van der Waals surface area contributed by atoms with E-state index in [1.807, 2.05) is 24.3 Å². The average Bonchev–Trinajstić information content (AvgIpc) is 2.27. The van der Waals surface area contributed by atoms with Crippen LogP contribution in [0.15, 0.2) is 24.3 Å². The highest BCUT2D eigenvalue weighted by atomic mass is 32.2. The molecule has 0 radical (unpaired) electrons. The van der Waals surface area contributed by atoms with E-state index in [4.69, 9.17) is 4.74 Å². The summed E-state index contributed by atoms with van der Waals surface area (Å²) < 4.78 is 5.02. The third-order valence-corrected chi connectivity index (χ3v) is 2.54. The van der Waals surface area contributed by atoms with Gasteiger partial charge in [0.25, 0.3) is 0 Å². The van der Waals surface area contributed by atoms with Gasteiger partial charge in [0.05, 0.1) is 12.4 Å². The summed E-state index contributed by atoms with van der Waals surface area (Å²) >= 11 is 1.23. The lowest BCUT2D eigenvalue weighted by atomic mass is 10.1. The molecule has 16 heavy (non-hydrogen) atoms. The van der Waals surface area contributed by atoms with Crippen molar-refractivity contribution < 1.29 is 9.53 Å². The van der Waals surface area contributed by atoms with Gasteiger partial charge in [0.15, 0.2) is 5.12 Å². The van der Waals surface area contributed by atoms with Gasteiger partial charge in [-0.15, -0.1) is 0 Å². The predicted molar refractivity (Wildman–Crippen MR) is 67.2 cm³/mol. The third kappa shape index (κ3) is 5.01. The minimum Gasteiger partial charge on any atom is -0.380 e. The molecule has 0 amide bonds. The number of rotatable bonds is 3. The molecule has 0 aliphatic rings. The molecule has 0 aromatic heterocycles. The van der Waals surface area contributed by atoms with E-state index in [1.54, 1.807) is 14.0 Å². The predicted octanol–water partition coefficient (Wildman–Crippen LogP) is 2.46. The molecule has 1 rings (SSSR count). The molecule has 0 aliphatic carbocycles. The van der Waals surface area contributed by atoms with E-state index < -0.39 is 0 Å². The zero-order valence-electron chi connectivity index (χ0n) is 9.45. The molecule has 3 heteroatoms. The Balaban J connectivity index is 2.51. The van der Waals surface area contributed by atoms with Crippen LogP contribution in [0.3, 0.4) is 0 Å². The Bertz CT molecular complexity index is 398. The van der Waals surface area contributed by atoms with Crippen LogP contribution in [-0.2, 0) is 16.1 Å². The van der Waals surface area contributed by atoms with Crippen LogP contribution in [0, 0.1) is 11.8 Å². The first kappa shape index (κ1) is 12.8. The van der Waals surface area contributed by atoms with E-state index >= 15 is 0 Å². The van der Waals surface area contributed by atoms with E-state index in [0.717, 1.165) is 11.1 Å². The van der Waals surface area contributed by atoms with Crippen LogP contribution in [0.5, 0.6) is 0 Å². The second kappa shape index (κ2) is 7.10. The molecule has 0 heterocycles. The average molecular weight is 234 g/mol. The molecule has 2 nitrogen and oxygen atoms in total. The standard InChI is InChI=1S/C13H14O2S/c1-11(14)16-9-3-4-12-5-7-13(8-6-12)10-15-2/h5-8H,9-10H2,1-2H3. The van der Waals surface area contributed by atoms with Crippen LogP contribution in [0.4, 0.5) is 0 Å². The Morgan fingerprint density at radius 3 is 2.62 bits per heavy atom. The van der Waals surface area contributed by atoms with Crippen LogP contribution < -0.4 is 0 Å². The van der Waals surface area contributed by atoms with E-state index in [0.29, 0.717) is 12.4 Å². The lowest BCUT2D eigenvalue weighted by Gasteiger charge is -1.98. The molecule has 0 aliphatic heterocycles. The van der Waals surface area contributed by atoms with Crippen molar-refractivity contribution in [2.75, 3.05) is 12.9 Å². The van der Waals surface area contributed by atoms with Crippen molar-refractivity contribution in [1.29, 1.82) is 0 Å². The first-order chi connectivity index (χ1) is 7.72. The molecule has 84 valence electrons. The maximum Gasteiger partial charge on any atom is 0.186 e. The molecule has 1 aromatic carbocycles. The van der Waals surface area contributed by atoms with Gasteiger partial charge in [-0.2, -0.15) is 0 Å². The second-order valence-electron chi connectivity index (χ2n) is 3.21. The Morgan fingerprint density at radius 1 is 1.38 bits per heavy atom. The van der Waals surface area contributed by atoms with Gasteiger partial charge < -0.3 is 4.74 Å². The third-order valence-electron chi connectivity index (χ3n) is 1.85. The summed E-state index contributed by atoms with van der Waals surface area (Å²) in [5, 5.41) is 0.102. The summed E-state index contributed by atoms with van der Waals surface area (Å²) in [6.07, 6.45) is 0. The largest absolute Gasteiger partial charge is 0.380 e. The number of carbonyl (C=O) groups excluding carboxylic acids is 1. The first-order valence-corrected chi connectivity index (χ1v) is 5.91. The maximum atomic E-state index is 10.7. The summed E-state index contributed by atoms with van der Waals surface area (Å²) in [5.74, 6) is 6.50. The van der Waals surface area contributed by atoms with Crippen molar-refractivity contribution in [3.8, 4) is 11.8 Å². The number of benzene rings is 1. The fraction of sp³-hybridized carbons (Fsp3) is 0.308. The molecular weight excluding hydrogens is 220 g/mol. The van der Waals surface area contributed by atoms with E-state index in [9.17, 15) is 4.79 Å². The van der Waals surface area contributed by atoms with E-state index in [-0.39, 0.29) is 5.12 Å². The Kier molecular flexibility index (Phi) is 5.69. The highest BCUT2D eigenvalue weighted by Gasteiger charge is 1.92. The number of hydrogen-bond donors (Lipinski definition) is 0. The zero-order chi connectivity index (χ0) is 11.8. The smallest absolute Gasteiger partial charge is 0.186 e. The van der Waals surface area contributed by atoms with Crippen molar-refractivity contribution in [3.63, 3.8) is 0 Å². The van der Waals surface area contributed by atoms with Crippen molar-refractivity contribution in [2.24, 2.45) is 0 Å². The topological polar surface area (TPSA) is 26.3 Å². The van der Waals surface area contributed by atoms with Crippen LogP contribution in [-0.4, -0.2) is 18.0 Å². The molecule has 0 fully saturated rings. The van der Waals surface area contributed by atoms with E-state index in [1.165, 1.54) is 11.8 Å². The quantitative estimate of drug-likeness (QED) is 0.751. The zero-order valence-corrected chi connectivity index (χ0v) is 10.3. The molecule has 0 unspecified atom stereocenters. The molecule has 0 spiro atoms. The number of methoxy groups -OCH3 is 1. The van der Waals surface area contributed by atoms with Crippen LogP contribution in [0.1, 0.15) is 18.1 Å². The number of hydrogen-bond acceptors (Lipinski definition) is 3. The number of ether oxygens (including phenoxy) is 1. The summed E-state index contributed by atoms with van der Waals surface area (Å²) in [6, 6.07) is 7.90. The number of thioether (sulfide) groups is 1. The fourth-order valence-electron chi connectivity index (χ4n) is 1.13. The first-order valence-electron chi connectivity index (χ1n) is 4.92. The molecule has 0 saturated carbocycles. The highest BCUT2D eigenvalue weighted by molar-refractivity contribution is 8.13. The summed E-state index contributed by atoms with van der Waals surface area (Å²) in [5.41, 5.74) is 2.09.